The number of rotatable bonds is 14. The summed E-state index contributed by atoms with van der Waals surface area (Å²) in [4.78, 5) is 49.7. The van der Waals surface area contributed by atoms with E-state index in [1.807, 2.05) is 78.9 Å². The monoisotopic (exact) mass is 628 g/mol. The van der Waals surface area contributed by atoms with Gasteiger partial charge in [-0.15, -0.1) is 0 Å². The first kappa shape index (κ1) is 35.1. The molecule has 10 heteroatoms. The predicted molar refractivity (Wildman–Crippen MR) is 172 cm³/mol. The van der Waals surface area contributed by atoms with Crippen LogP contribution in [0, 0.1) is 0 Å². The Hall–Kier alpha value is -5.38. The van der Waals surface area contributed by atoms with E-state index in [-0.39, 0.29) is 37.6 Å². The van der Waals surface area contributed by atoms with Crippen molar-refractivity contribution in [3.8, 4) is 0 Å². The molecule has 0 fully saturated rings. The van der Waals surface area contributed by atoms with Gasteiger partial charge >= 0.3 is 24.1 Å². The Morgan fingerprint density at radius 3 is 1.30 bits per heavy atom. The van der Waals surface area contributed by atoms with Crippen LogP contribution in [0.3, 0.4) is 0 Å². The fourth-order valence-corrected chi connectivity index (χ4v) is 4.10. The van der Waals surface area contributed by atoms with E-state index in [1.165, 1.54) is 0 Å². The van der Waals surface area contributed by atoms with Crippen molar-refractivity contribution in [3.63, 3.8) is 0 Å². The second-order valence-corrected chi connectivity index (χ2v) is 11.6. The van der Waals surface area contributed by atoms with Crippen LogP contribution in [0.5, 0.6) is 0 Å². The van der Waals surface area contributed by atoms with E-state index in [0.717, 1.165) is 22.3 Å². The molecular weight excluding hydrogens is 588 g/mol. The number of carbonyl (C=O) groups excluding carboxylic acids is 4. The van der Waals surface area contributed by atoms with Crippen molar-refractivity contribution in [2.24, 2.45) is 0 Å². The van der Waals surface area contributed by atoms with E-state index < -0.39 is 35.2 Å². The van der Waals surface area contributed by atoms with Crippen LogP contribution >= 0.6 is 0 Å². The van der Waals surface area contributed by atoms with Crippen LogP contribution in [-0.4, -0.2) is 37.3 Å². The largest absolute Gasteiger partial charge is 0.457 e. The predicted octanol–water partition coefficient (Wildman–Crippen LogP) is 6.21. The zero-order chi connectivity index (χ0) is 33.7. The van der Waals surface area contributed by atoms with Crippen LogP contribution < -0.4 is 10.6 Å². The lowest BCUT2D eigenvalue weighted by atomic mass is 9.87. The van der Waals surface area contributed by atoms with Crippen LogP contribution in [0.2, 0.25) is 0 Å². The number of nitrogens with one attached hydrogen (secondary N) is 2. The molecule has 0 radical (unpaired) electrons. The third kappa shape index (κ3) is 11.0. The lowest BCUT2D eigenvalue weighted by molar-refractivity contribution is -0.141. The highest BCUT2D eigenvalue weighted by atomic mass is 16.6. The van der Waals surface area contributed by atoms with Gasteiger partial charge in [0.05, 0.1) is 22.2 Å². The van der Waals surface area contributed by atoms with Crippen LogP contribution in [0.25, 0.3) is 0 Å². The molecule has 242 valence electrons. The first-order valence-corrected chi connectivity index (χ1v) is 14.6. The normalized spacial score (nSPS) is 11.0. The Morgan fingerprint density at radius 2 is 0.935 bits per heavy atom. The summed E-state index contributed by atoms with van der Waals surface area (Å²) >= 11 is 0. The van der Waals surface area contributed by atoms with Crippen LogP contribution in [0.1, 0.15) is 49.9 Å². The molecule has 0 saturated carbocycles. The smallest absolute Gasteiger partial charge is 0.408 e. The van der Waals surface area contributed by atoms with Crippen LogP contribution in [-0.2, 0) is 52.8 Å². The Bertz CT molecular complexity index is 1440. The molecule has 0 heterocycles. The molecule has 0 atom stereocenters. The standard InChI is InChI=1S/C36H40N2O8/c1-25(31(39)43-23-27-14-9-7-10-15-27)21-45-33(41)37-35(3,4)29-18-13-19-30(20-29)36(5,6)38-34(42)46-22-26(2)32(40)44-24-28-16-11-8-12-17-28/h7-20H,1-2,21-24H2,3-6H3,(H,37,41)(H,38,42). The number of hydrogen-bond acceptors (Lipinski definition) is 8. The fraction of sp³-hybridized carbons (Fsp3) is 0.278. The molecule has 46 heavy (non-hydrogen) atoms. The van der Waals surface area contributed by atoms with E-state index in [2.05, 4.69) is 23.8 Å². The van der Waals surface area contributed by atoms with Gasteiger partial charge in [0.1, 0.15) is 26.4 Å². The lowest BCUT2D eigenvalue weighted by Gasteiger charge is -2.30. The molecule has 3 aromatic carbocycles. The van der Waals surface area contributed by atoms with Crippen molar-refractivity contribution >= 4 is 24.1 Å². The number of ether oxygens (including phenoxy) is 4. The molecule has 10 nitrogen and oxygen atoms in total. The summed E-state index contributed by atoms with van der Waals surface area (Å²) in [6, 6.07) is 25.6. The quantitative estimate of drug-likeness (QED) is 0.123. The molecule has 3 aromatic rings. The number of benzene rings is 3. The third-order valence-electron chi connectivity index (χ3n) is 6.89. The summed E-state index contributed by atoms with van der Waals surface area (Å²) < 4.78 is 20.9. The number of esters is 2. The first-order chi connectivity index (χ1) is 21.8. The Balaban J connectivity index is 1.48. The maximum atomic E-state index is 12.6. The minimum Gasteiger partial charge on any atom is -0.457 e. The number of alkyl carbamates (subject to hydrolysis) is 2. The van der Waals surface area contributed by atoms with E-state index in [1.54, 1.807) is 33.8 Å². The minimum absolute atomic E-state index is 0.00162. The highest BCUT2D eigenvalue weighted by Gasteiger charge is 2.29. The average Bonchev–Trinajstić information content (AvgIpc) is 3.04. The summed E-state index contributed by atoms with van der Waals surface area (Å²) in [7, 11) is 0. The summed E-state index contributed by atoms with van der Waals surface area (Å²) in [6.07, 6.45) is -1.51. The van der Waals surface area contributed by atoms with Gasteiger partial charge in [-0.3, -0.25) is 0 Å². The SMILES string of the molecule is C=C(COC(=O)NC(C)(C)c1cccc(C(C)(C)NC(=O)OCC(=C)C(=O)OCc2ccccc2)c1)C(=O)OCc1ccccc1. The lowest BCUT2D eigenvalue weighted by Crippen LogP contribution is -2.43. The molecule has 0 spiro atoms. The van der Waals surface area contributed by atoms with Crippen LogP contribution in [0.15, 0.2) is 109 Å². The van der Waals surface area contributed by atoms with Crippen molar-refractivity contribution in [2.45, 2.75) is 52.0 Å². The van der Waals surface area contributed by atoms with Crippen molar-refractivity contribution < 1.29 is 38.1 Å². The molecule has 2 N–H and O–H groups in total. The Labute approximate surface area is 269 Å². The number of amides is 2. The fourth-order valence-electron chi connectivity index (χ4n) is 4.10. The minimum atomic E-state index is -0.892. The summed E-state index contributed by atoms with van der Waals surface area (Å²) in [5.74, 6) is -1.33. The molecule has 2 amide bonds. The van der Waals surface area contributed by atoms with Gasteiger partial charge in [-0.25, -0.2) is 19.2 Å². The Kier molecular flexibility index (Phi) is 12.3. The molecule has 0 saturated heterocycles. The molecule has 0 unspecified atom stereocenters. The van der Waals surface area contributed by atoms with E-state index in [4.69, 9.17) is 18.9 Å². The van der Waals surface area contributed by atoms with Crippen molar-refractivity contribution in [1.82, 2.24) is 10.6 Å². The molecule has 0 bridgehead atoms. The van der Waals surface area contributed by atoms with Gasteiger partial charge in [0.2, 0.25) is 0 Å². The summed E-state index contributed by atoms with van der Waals surface area (Å²) in [5.41, 5.74) is 1.31. The van der Waals surface area contributed by atoms with Gasteiger partial charge in [-0.05, 0) is 49.9 Å². The zero-order valence-electron chi connectivity index (χ0n) is 26.6. The van der Waals surface area contributed by atoms with Crippen molar-refractivity contribution in [3.05, 3.63) is 131 Å². The second kappa shape index (κ2) is 16.1. The molecule has 3 rings (SSSR count). The van der Waals surface area contributed by atoms with Crippen molar-refractivity contribution in [1.29, 1.82) is 0 Å². The summed E-state index contributed by atoms with van der Waals surface area (Å²) in [6.45, 7) is 13.9. The summed E-state index contributed by atoms with van der Waals surface area (Å²) in [5, 5.41) is 5.58. The highest BCUT2D eigenvalue weighted by Crippen LogP contribution is 2.27. The average molecular weight is 629 g/mol. The number of carbonyl (C=O) groups is 4. The van der Waals surface area contributed by atoms with Gasteiger partial charge < -0.3 is 29.6 Å². The van der Waals surface area contributed by atoms with Gasteiger partial charge in [0.25, 0.3) is 0 Å². The Morgan fingerprint density at radius 1 is 0.565 bits per heavy atom. The highest BCUT2D eigenvalue weighted by molar-refractivity contribution is 5.89. The van der Waals surface area contributed by atoms with Gasteiger partial charge in [-0.1, -0.05) is 98.1 Å². The molecular formula is C36H40N2O8. The second-order valence-electron chi connectivity index (χ2n) is 11.6. The van der Waals surface area contributed by atoms with E-state index in [0.29, 0.717) is 0 Å². The van der Waals surface area contributed by atoms with Gasteiger partial charge in [0.15, 0.2) is 0 Å². The molecule has 0 aliphatic carbocycles. The van der Waals surface area contributed by atoms with Crippen molar-refractivity contribution in [2.75, 3.05) is 13.2 Å². The molecule has 0 aliphatic heterocycles. The third-order valence-corrected chi connectivity index (χ3v) is 6.89. The molecule has 0 aromatic heterocycles. The first-order valence-electron chi connectivity index (χ1n) is 14.6. The molecule has 0 aliphatic rings. The topological polar surface area (TPSA) is 129 Å². The maximum Gasteiger partial charge on any atom is 0.408 e. The maximum absolute atomic E-state index is 12.6. The number of hydrogen-bond donors (Lipinski definition) is 2. The van der Waals surface area contributed by atoms with E-state index >= 15 is 0 Å². The van der Waals surface area contributed by atoms with Gasteiger partial charge in [0, 0.05) is 0 Å². The van der Waals surface area contributed by atoms with E-state index in [9.17, 15) is 19.2 Å². The zero-order valence-corrected chi connectivity index (χ0v) is 26.6. The van der Waals surface area contributed by atoms with Gasteiger partial charge in [-0.2, -0.15) is 0 Å². The van der Waals surface area contributed by atoms with Crippen LogP contribution in [0.4, 0.5) is 9.59 Å².